The molecule has 2 heterocycles. The van der Waals surface area contributed by atoms with Gasteiger partial charge in [0.1, 0.15) is 5.60 Å². The van der Waals surface area contributed by atoms with E-state index in [4.69, 9.17) is 9.84 Å². The lowest BCUT2D eigenvalue weighted by Crippen LogP contribution is -2.25. The van der Waals surface area contributed by atoms with E-state index in [0.717, 1.165) is 19.3 Å². The molecule has 0 aliphatic carbocycles. The van der Waals surface area contributed by atoms with Crippen LogP contribution in [0.5, 0.6) is 0 Å². The fraction of sp³-hybridized carbons (Fsp3) is 0.615. The highest BCUT2D eigenvalue weighted by molar-refractivity contribution is 5.88. The number of ether oxygens (including phenoxy) is 1. The standard InChI is InChI=1S/C13H18N2O3/c1-3-5-10-9(11(16)17)8-14-12(15-10)13(2)6-4-7-18-13/h8H,3-7H2,1-2H3,(H,16,17). The molecule has 0 spiro atoms. The Morgan fingerprint density at radius 1 is 1.61 bits per heavy atom. The number of carboxylic acid groups (broad SMARTS) is 1. The van der Waals surface area contributed by atoms with E-state index >= 15 is 0 Å². The first-order valence-corrected chi connectivity index (χ1v) is 6.30. The van der Waals surface area contributed by atoms with Gasteiger partial charge in [-0.15, -0.1) is 0 Å². The van der Waals surface area contributed by atoms with Crippen LogP contribution < -0.4 is 0 Å². The first-order chi connectivity index (χ1) is 8.57. The Hall–Kier alpha value is -1.49. The third-order valence-corrected chi connectivity index (χ3v) is 3.28. The van der Waals surface area contributed by atoms with Crippen LogP contribution in [0.2, 0.25) is 0 Å². The Balaban J connectivity index is 2.39. The molecule has 1 N–H and O–H groups in total. The number of hydrogen-bond donors (Lipinski definition) is 1. The number of nitrogens with zero attached hydrogens (tertiary/aromatic N) is 2. The molecule has 2 rings (SSSR count). The number of aromatic nitrogens is 2. The van der Waals surface area contributed by atoms with Gasteiger partial charge >= 0.3 is 5.97 Å². The van der Waals surface area contributed by atoms with E-state index < -0.39 is 11.6 Å². The van der Waals surface area contributed by atoms with Crippen LogP contribution in [0.3, 0.4) is 0 Å². The van der Waals surface area contributed by atoms with Gasteiger partial charge in [0.25, 0.3) is 0 Å². The summed E-state index contributed by atoms with van der Waals surface area (Å²) < 4.78 is 5.69. The number of aromatic carboxylic acids is 1. The number of carbonyl (C=O) groups is 1. The largest absolute Gasteiger partial charge is 0.478 e. The van der Waals surface area contributed by atoms with Crippen molar-refractivity contribution < 1.29 is 14.6 Å². The van der Waals surface area contributed by atoms with Gasteiger partial charge in [0.2, 0.25) is 0 Å². The Kier molecular flexibility index (Phi) is 3.61. The number of rotatable bonds is 4. The first-order valence-electron chi connectivity index (χ1n) is 6.30. The van der Waals surface area contributed by atoms with Crippen molar-refractivity contribution in [3.8, 4) is 0 Å². The highest BCUT2D eigenvalue weighted by Crippen LogP contribution is 2.33. The SMILES string of the molecule is CCCc1nc(C2(C)CCCO2)ncc1C(=O)O. The van der Waals surface area contributed by atoms with Gasteiger partial charge in [-0.1, -0.05) is 13.3 Å². The van der Waals surface area contributed by atoms with Gasteiger partial charge in [-0.3, -0.25) is 0 Å². The molecule has 1 atom stereocenters. The van der Waals surface area contributed by atoms with Gasteiger partial charge in [0, 0.05) is 12.8 Å². The van der Waals surface area contributed by atoms with Crippen LogP contribution in [0.25, 0.3) is 0 Å². The van der Waals surface area contributed by atoms with Crippen LogP contribution in [-0.4, -0.2) is 27.7 Å². The second-order valence-corrected chi connectivity index (χ2v) is 4.79. The second-order valence-electron chi connectivity index (χ2n) is 4.79. The van der Waals surface area contributed by atoms with E-state index in [9.17, 15) is 4.79 Å². The van der Waals surface area contributed by atoms with Crippen molar-refractivity contribution in [2.75, 3.05) is 6.61 Å². The molecule has 0 radical (unpaired) electrons. The predicted octanol–water partition coefficient (Wildman–Crippen LogP) is 2.15. The van der Waals surface area contributed by atoms with Crippen LogP contribution in [0.15, 0.2) is 6.20 Å². The van der Waals surface area contributed by atoms with E-state index in [1.54, 1.807) is 0 Å². The molecule has 1 saturated heterocycles. The summed E-state index contributed by atoms with van der Waals surface area (Å²) in [6, 6.07) is 0. The average molecular weight is 250 g/mol. The molecule has 5 nitrogen and oxygen atoms in total. The Bertz CT molecular complexity index is 454. The molecular formula is C13H18N2O3. The molecule has 1 aliphatic heterocycles. The minimum atomic E-state index is -0.970. The summed E-state index contributed by atoms with van der Waals surface area (Å²) in [5, 5.41) is 9.10. The Morgan fingerprint density at radius 3 is 2.94 bits per heavy atom. The van der Waals surface area contributed by atoms with Gasteiger partial charge in [-0.2, -0.15) is 0 Å². The first kappa shape index (κ1) is 13.0. The molecule has 0 amide bonds. The maximum absolute atomic E-state index is 11.1. The lowest BCUT2D eigenvalue weighted by Gasteiger charge is -2.22. The summed E-state index contributed by atoms with van der Waals surface area (Å²) in [5.41, 5.74) is 0.341. The van der Waals surface area contributed by atoms with E-state index in [2.05, 4.69) is 9.97 Å². The van der Waals surface area contributed by atoms with Crippen molar-refractivity contribution in [2.24, 2.45) is 0 Å². The molecule has 1 unspecified atom stereocenters. The molecule has 5 heteroatoms. The van der Waals surface area contributed by atoms with Gasteiger partial charge < -0.3 is 9.84 Å². The lowest BCUT2D eigenvalue weighted by molar-refractivity contribution is 0.00903. The zero-order valence-corrected chi connectivity index (χ0v) is 10.8. The topological polar surface area (TPSA) is 72.3 Å². The normalized spacial score (nSPS) is 23.2. The Labute approximate surface area is 106 Å². The summed E-state index contributed by atoms with van der Waals surface area (Å²) in [6.45, 7) is 4.68. The molecular weight excluding hydrogens is 232 g/mol. The van der Waals surface area contributed by atoms with Crippen molar-refractivity contribution in [1.29, 1.82) is 0 Å². The van der Waals surface area contributed by atoms with E-state index in [1.165, 1.54) is 6.20 Å². The van der Waals surface area contributed by atoms with Crippen molar-refractivity contribution in [2.45, 2.75) is 45.1 Å². The molecule has 1 fully saturated rings. The Morgan fingerprint density at radius 2 is 2.39 bits per heavy atom. The molecule has 98 valence electrons. The van der Waals surface area contributed by atoms with Crippen LogP contribution in [-0.2, 0) is 16.8 Å². The molecule has 1 aromatic heterocycles. The molecule has 0 aromatic carbocycles. The summed E-state index contributed by atoms with van der Waals surface area (Å²) >= 11 is 0. The van der Waals surface area contributed by atoms with Crippen LogP contribution in [0.4, 0.5) is 0 Å². The summed E-state index contributed by atoms with van der Waals surface area (Å²) in [7, 11) is 0. The average Bonchev–Trinajstić information content (AvgIpc) is 2.77. The molecule has 18 heavy (non-hydrogen) atoms. The van der Waals surface area contributed by atoms with Crippen molar-refractivity contribution >= 4 is 5.97 Å². The molecule has 0 bridgehead atoms. The van der Waals surface area contributed by atoms with Crippen LogP contribution in [0.1, 0.15) is 55.0 Å². The summed E-state index contributed by atoms with van der Waals surface area (Å²) in [4.78, 5) is 19.7. The maximum atomic E-state index is 11.1. The number of hydrogen-bond acceptors (Lipinski definition) is 4. The van der Waals surface area contributed by atoms with Crippen LogP contribution in [0, 0.1) is 0 Å². The minimum Gasteiger partial charge on any atom is -0.478 e. The quantitative estimate of drug-likeness (QED) is 0.886. The highest BCUT2D eigenvalue weighted by Gasteiger charge is 2.35. The maximum Gasteiger partial charge on any atom is 0.339 e. The smallest absolute Gasteiger partial charge is 0.339 e. The van der Waals surface area contributed by atoms with E-state index in [-0.39, 0.29) is 5.56 Å². The van der Waals surface area contributed by atoms with Gasteiger partial charge in [-0.25, -0.2) is 14.8 Å². The zero-order chi connectivity index (χ0) is 13.2. The van der Waals surface area contributed by atoms with Gasteiger partial charge in [-0.05, 0) is 26.2 Å². The lowest BCUT2D eigenvalue weighted by atomic mass is 10.0. The highest BCUT2D eigenvalue weighted by atomic mass is 16.5. The summed E-state index contributed by atoms with van der Waals surface area (Å²) in [6.07, 6.45) is 4.78. The van der Waals surface area contributed by atoms with Gasteiger partial charge in [0.05, 0.1) is 11.3 Å². The summed E-state index contributed by atoms with van der Waals surface area (Å²) in [5.74, 6) is -0.365. The van der Waals surface area contributed by atoms with E-state index in [0.29, 0.717) is 24.5 Å². The van der Waals surface area contributed by atoms with E-state index in [1.807, 2.05) is 13.8 Å². The van der Waals surface area contributed by atoms with Gasteiger partial charge in [0.15, 0.2) is 5.82 Å². The minimum absolute atomic E-state index is 0.196. The predicted molar refractivity (Wildman–Crippen MR) is 65.5 cm³/mol. The monoisotopic (exact) mass is 250 g/mol. The number of aryl methyl sites for hydroxylation is 1. The van der Waals surface area contributed by atoms with Crippen molar-refractivity contribution in [3.05, 3.63) is 23.3 Å². The molecule has 1 aromatic rings. The molecule has 0 saturated carbocycles. The third-order valence-electron chi connectivity index (χ3n) is 3.28. The third kappa shape index (κ3) is 2.36. The second kappa shape index (κ2) is 5.02. The number of carboxylic acids is 1. The fourth-order valence-electron chi connectivity index (χ4n) is 2.23. The fourth-order valence-corrected chi connectivity index (χ4v) is 2.23. The van der Waals surface area contributed by atoms with Crippen LogP contribution >= 0.6 is 0 Å². The van der Waals surface area contributed by atoms with Crippen molar-refractivity contribution in [3.63, 3.8) is 0 Å². The molecule has 1 aliphatic rings. The zero-order valence-electron chi connectivity index (χ0n) is 10.8. The van der Waals surface area contributed by atoms with Crippen molar-refractivity contribution in [1.82, 2.24) is 9.97 Å².